The largest absolute Gasteiger partial charge is 0.490 e. The summed E-state index contributed by atoms with van der Waals surface area (Å²) in [6.45, 7) is 2.42. The number of aliphatic hydroxyl groups excluding tert-OH is 1. The van der Waals surface area contributed by atoms with E-state index in [1.54, 1.807) is 0 Å². The first kappa shape index (κ1) is 15.8. The summed E-state index contributed by atoms with van der Waals surface area (Å²) in [6, 6.07) is 14.0. The van der Waals surface area contributed by atoms with E-state index < -0.39 is 6.10 Å². The second-order valence-electron chi connectivity index (χ2n) is 5.14. The molecule has 0 aliphatic heterocycles. The minimum Gasteiger partial charge on any atom is -0.490 e. The number of nitrogens with one attached hydrogen (secondary N) is 1. The van der Waals surface area contributed by atoms with Gasteiger partial charge < -0.3 is 20.9 Å². The van der Waals surface area contributed by atoms with Gasteiger partial charge in [-0.25, -0.2) is 0 Å². The van der Waals surface area contributed by atoms with Gasteiger partial charge in [0.15, 0.2) is 0 Å². The van der Waals surface area contributed by atoms with Crippen LogP contribution >= 0.6 is 0 Å². The Labute approximate surface area is 125 Å². The lowest BCUT2D eigenvalue weighted by atomic mass is 10.1. The maximum atomic E-state index is 9.93. The normalized spacial score (nSPS) is 12.5. The SMILES string of the molecule is NCCCCNC[C@H](O)COc1cccc2ccccc12. The Kier molecular flexibility index (Phi) is 6.47. The van der Waals surface area contributed by atoms with Crippen LogP contribution in [0.25, 0.3) is 10.8 Å². The van der Waals surface area contributed by atoms with Crippen molar-refractivity contribution >= 4 is 10.8 Å². The lowest BCUT2D eigenvalue weighted by molar-refractivity contribution is 0.107. The summed E-state index contributed by atoms with van der Waals surface area (Å²) >= 11 is 0. The number of ether oxygens (including phenoxy) is 1. The fraction of sp³-hybridized carbons (Fsp3) is 0.412. The first-order chi connectivity index (χ1) is 10.3. The zero-order chi connectivity index (χ0) is 14.9. The third kappa shape index (κ3) is 5.01. The van der Waals surface area contributed by atoms with Crippen LogP contribution < -0.4 is 15.8 Å². The van der Waals surface area contributed by atoms with E-state index in [4.69, 9.17) is 10.5 Å². The molecule has 0 saturated heterocycles. The summed E-state index contributed by atoms with van der Waals surface area (Å²) in [6.07, 6.45) is 1.53. The lowest BCUT2D eigenvalue weighted by Gasteiger charge is -2.14. The molecule has 0 aromatic heterocycles. The second-order valence-corrected chi connectivity index (χ2v) is 5.14. The molecule has 0 spiro atoms. The Morgan fingerprint density at radius 1 is 1.10 bits per heavy atom. The minimum atomic E-state index is -0.512. The minimum absolute atomic E-state index is 0.290. The summed E-state index contributed by atoms with van der Waals surface area (Å²) < 4.78 is 5.75. The standard InChI is InChI=1S/C17H24N2O2/c18-10-3-4-11-19-12-15(20)13-21-17-9-5-7-14-6-1-2-8-16(14)17/h1-2,5-9,15,19-20H,3-4,10-13,18H2/t15-/m0/s1. The number of unbranched alkanes of at least 4 members (excludes halogenated alkanes) is 1. The van der Waals surface area contributed by atoms with Crippen molar-refractivity contribution in [1.29, 1.82) is 0 Å². The van der Waals surface area contributed by atoms with Gasteiger partial charge in [-0.2, -0.15) is 0 Å². The van der Waals surface area contributed by atoms with Gasteiger partial charge in [0.25, 0.3) is 0 Å². The van der Waals surface area contributed by atoms with Crippen molar-refractivity contribution < 1.29 is 9.84 Å². The van der Waals surface area contributed by atoms with Crippen LogP contribution in [0.4, 0.5) is 0 Å². The predicted octanol–water partition coefficient (Wildman–Crippen LogP) is 1.91. The van der Waals surface area contributed by atoms with Crippen LogP contribution in [-0.2, 0) is 0 Å². The molecule has 0 aliphatic rings. The van der Waals surface area contributed by atoms with Gasteiger partial charge in [0.2, 0.25) is 0 Å². The number of fused-ring (bicyclic) bond motifs is 1. The number of benzene rings is 2. The summed E-state index contributed by atoms with van der Waals surface area (Å²) in [5, 5.41) is 15.4. The average molecular weight is 288 g/mol. The Hall–Kier alpha value is -1.62. The van der Waals surface area contributed by atoms with Crippen LogP contribution in [0.15, 0.2) is 42.5 Å². The monoisotopic (exact) mass is 288 g/mol. The molecule has 0 unspecified atom stereocenters. The van der Waals surface area contributed by atoms with Crippen LogP contribution in [0.1, 0.15) is 12.8 Å². The van der Waals surface area contributed by atoms with E-state index in [1.165, 1.54) is 0 Å². The summed E-state index contributed by atoms with van der Waals surface area (Å²) in [5.74, 6) is 0.815. The highest BCUT2D eigenvalue weighted by Crippen LogP contribution is 2.25. The molecule has 0 fully saturated rings. The fourth-order valence-corrected chi connectivity index (χ4v) is 2.23. The molecule has 0 heterocycles. The van der Waals surface area contributed by atoms with E-state index in [9.17, 15) is 5.11 Å². The van der Waals surface area contributed by atoms with Gasteiger partial charge in [-0.3, -0.25) is 0 Å². The second kappa shape index (κ2) is 8.62. The number of nitrogens with two attached hydrogens (primary N) is 1. The topological polar surface area (TPSA) is 67.5 Å². The van der Waals surface area contributed by atoms with Gasteiger partial charge in [0.05, 0.1) is 0 Å². The molecule has 2 rings (SSSR count). The van der Waals surface area contributed by atoms with Crippen molar-refractivity contribution in [3.05, 3.63) is 42.5 Å². The summed E-state index contributed by atoms with van der Waals surface area (Å²) in [5.41, 5.74) is 5.43. The number of hydrogen-bond donors (Lipinski definition) is 3. The molecule has 4 nitrogen and oxygen atoms in total. The van der Waals surface area contributed by atoms with Crippen molar-refractivity contribution in [2.75, 3.05) is 26.2 Å². The van der Waals surface area contributed by atoms with Crippen LogP contribution in [0, 0.1) is 0 Å². The van der Waals surface area contributed by atoms with Crippen molar-refractivity contribution in [3.63, 3.8) is 0 Å². The van der Waals surface area contributed by atoms with Gasteiger partial charge in [-0.1, -0.05) is 36.4 Å². The summed E-state index contributed by atoms with van der Waals surface area (Å²) in [7, 11) is 0. The van der Waals surface area contributed by atoms with Crippen LogP contribution in [0.3, 0.4) is 0 Å². The molecule has 2 aromatic rings. The quantitative estimate of drug-likeness (QED) is 0.617. The molecule has 0 saturated carbocycles. The van der Waals surface area contributed by atoms with Crippen molar-refractivity contribution in [2.45, 2.75) is 18.9 Å². The van der Waals surface area contributed by atoms with Gasteiger partial charge in [0, 0.05) is 11.9 Å². The average Bonchev–Trinajstić information content (AvgIpc) is 2.52. The summed E-state index contributed by atoms with van der Waals surface area (Å²) in [4.78, 5) is 0. The first-order valence-electron chi connectivity index (χ1n) is 7.50. The zero-order valence-corrected chi connectivity index (χ0v) is 12.3. The molecule has 2 aromatic carbocycles. The molecular weight excluding hydrogens is 264 g/mol. The van der Waals surface area contributed by atoms with Gasteiger partial charge in [0.1, 0.15) is 18.5 Å². The van der Waals surface area contributed by atoms with E-state index in [1.807, 2.05) is 30.3 Å². The Balaban J connectivity index is 1.79. The van der Waals surface area contributed by atoms with Crippen LogP contribution in [0.2, 0.25) is 0 Å². The van der Waals surface area contributed by atoms with Crippen LogP contribution in [0.5, 0.6) is 5.75 Å². The maximum absolute atomic E-state index is 9.93. The molecule has 21 heavy (non-hydrogen) atoms. The van der Waals surface area contributed by atoms with Crippen LogP contribution in [-0.4, -0.2) is 37.5 Å². The highest BCUT2D eigenvalue weighted by atomic mass is 16.5. The predicted molar refractivity (Wildman–Crippen MR) is 86.6 cm³/mol. The van der Waals surface area contributed by atoms with E-state index in [-0.39, 0.29) is 6.61 Å². The molecular formula is C17H24N2O2. The molecule has 0 radical (unpaired) electrons. The molecule has 114 valence electrons. The van der Waals surface area contributed by atoms with Crippen molar-refractivity contribution in [1.82, 2.24) is 5.32 Å². The highest BCUT2D eigenvalue weighted by Gasteiger charge is 2.06. The molecule has 4 heteroatoms. The highest BCUT2D eigenvalue weighted by molar-refractivity contribution is 5.88. The molecule has 0 bridgehead atoms. The Morgan fingerprint density at radius 2 is 1.90 bits per heavy atom. The molecule has 4 N–H and O–H groups in total. The molecule has 0 aliphatic carbocycles. The van der Waals surface area contributed by atoms with E-state index in [0.717, 1.165) is 35.9 Å². The number of aliphatic hydroxyl groups is 1. The van der Waals surface area contributed by atoms with Crippen molar-refractivity contribution in [2.24, 2.45) is 5.73 Å². The lowest BCUT2D eigenvalue weighted by Crippen LogP contribution is -2.32. The van der Waals surface area contributed by atoms with Gasteiger partial charge in [-0.05, 0) is 37.4 Å². The van der Waals surface area contributed by atoms with E-state index in [0.29, 0.717) is 13.1 Å². The third-order valence-corrected chi connectivity index (χ3v) is 3.37. The zero-order valence-electron chi connectivity index (χ0n) is 12.3. The van der Waals surface area contributed by atoms with Gasteiger partial charge >= 0.3 is 0 Å². The van der Waals surface area contributed by atoms with Crippen molar-refractivity contribution in [3.8, 4) is 5.75 Å². The van der Waals surface area contributed by atoms with Gasteiger partial charge in [-0.15, -0.1) is 0 Å². The maximum Gasteiger partial charge on any atom is 0.127 e. The molecule has 1 atom stereocenters. The fourth-order valence-electron chi connectivity index (χ4n) is 2.23. The smallest absolute Gasteiger partial charge is 0.127 e. The van der Waals surface area contributed by atoms with E-state index >= 15 is 0 Å². The Morgan fingerprint density at radius 3 is 2.76 bits per heavy atom. The molecule has 0 amide bonds. The first-order valence-corrected chi connectivity index (χ1v) is 7.50. The number of hydrogen-bond acceptors (Lipinski definition) is 4. The van der Waals surface area contributed by atoms with E-state index in [2.05, 4.69) is 17.4 Å². The Bertz CT molecular complexity index is 540. The third-order valence-electron chi connectivity index (χ3n) is 3.37. The number of rotatable bonds is 9.